The zero-order valence-electron chi connectivity index (χ0n) is 39.9. The number of nitrogens with one attached hydrogen (secondary N) is 1. The van der Waals surface area contributed by atoms with E-state index >= 15 is 0 Å². The molecule has 8 aromatic rings. The number of rotatable bonds is 10. The Morgan fingerprint density at radius 2 is 0.831 bits per heavy atom. The molecule has 4 heteroatoms. The summed E-state index contributed by atoms with van der Waals surface area (Å²) in [6.45, 7) is 24.7. The minimum absolute atomic E-state index is 0.0510. The molecule has 0 atom stereocenters. The Hall–Kier alpha value is -6.36. The van der Waals surface area contributed by atoms with Crippen LogP contribution in [0.1, 0.15) is 80.5 Å². The Balaban J connectivity index is 1.23. The molecule has 0 aliphatic carbocycles. The monoisotopic (exact) mass is 915 g/mol. The van der Waals surface area contributed by atoms with E-state index in [1.807, 2.05) is 0 Å². The summed E-state index contributed by atoms with van der Waals surface area (Å²) in [5.41, 5.74) is 22.4. The molecule has 0 aliphatic rings. The summed E-state index contributed by atoms with van der Waals surface area (Å²) >= 11 is 4.15. The Morgan fingerprint density at radius 3 is 1.25 bits per heavy atom. The molecule has 0 aromatic heterocycles. The molecule has 0 saturated carbocycles. The average Bonchev–Trinajstić information content (AvgIpc) is 3.26. The third kappa shape index (κ3) is 9.70. The second-order valence-corrected chi connectivity index (χ2v) is 20.5. The Morgan fingerprint density at radius 1 is 0.400 bits per heavy atom. The molecule has 328 valence electrons. The van der Waals surface area contributed by atoms with Gasteiger partial charge in [-0.25, -0.2) is 0 Å². The fraction of sp³-hybridized carbons (Fsp3) is 0.213. The van der Waals surface area contributed by atoms with E-state index in [0.29, 0.717) is 0 Å². The highest BCUT2D eigenvalue weighted by Crippen LogP contribution is 2.46. The van der Waals surface area contributed by atoms with Crippen LogP contribution in [-0.2, 0) is 10.8 Å². The predicted molar refractivity (Wildman–Crippen MR) is 285 cm³/mol. The van der Waals surface area contributed by atoms with Crippen LogP contribution in [0.5, 0.6) is 0 Å². The van der Waals surface area contributed by atoms with E-state index in [1.165, 1.54) is 55.6 Å². The fourth-order valence-corrected chi connectivity index (χ4v) is 9.74. The summed E-state index contributed by atoms with van der Waals surface area (Å²) in [5.74, 6) is 0. The highest BCUT2D eigenvalue weighted by Gasteiger charge is 2.23. The summed E-state index contributed by atoms with van der Waals surface area (Å²) < 4.78 is 0.982. The van der Waals surface area contributed by atoms with Crippen molar-refractivity contribution in [3.63, 3.8) is 0 Å². The number of benzene rings is 8. The first-order chi connectivity index (χ1) is 31.0. The van der Waals surface area contributed by atoms with Crippen molar-refractivity contribution in [3.8, 4) is 22.3 Å². The van der Waals surface area contributed by atoms with E-state index in [1.54, 1.807) is 0 Å². The zero-order chi connectivity index (χ0) is 46.2. The lowest BCUT2D eigenvalue weighted by atomic mass is 9.86. The highest BCUT2D eigenvalue weighted by atomic mass is 79.9. The first-order valence-corrected chi connectivity index (χ1v) is 23.6. The van der Waals surface area contributed by atoms with Crippen LogP contribution in [0, 0.1) is 34.6 Å². The number of hydrogen-bond donors (Lipinski definition) is 1. The van der Waals surface area contributed by atoms with Crippen LogP contribution in [-0.4, -0.2) is 0 Å². The SMILES string of the molecule is Cc1cc(Nc2cccc(N(c3cc(C)c(-c4ccccc4)c(C)c3)c3cc(C)c(-c4ccccc4)c(C)c3)c2)c(Br)c(N(c2ccc(C(C)(C)C)cc2)c2ccc(C(C)(C)C)cc2)c1. The largest absolute Gasteiger partial charge is 0.354 e. The van der Waals surface area contributed by atoms with E-state index in [0.717, 1.165) is 55.5 Å². The van der Waals surface area contributed by atoms with Crippen molar-refractivity contribution >= 4 is 61.4 Å². The normalized spacial score (nSPS) is 11.7. The molecule has 0 spiro atoms. The lowest BCUT2D eigenvalue weighted by Gasteiger charge is -2.30. The van der Waals surface area contributed by atoms with Crippen molar-refractivity contribution in [2.24, 2.45) is 0 Å². The first-order valence-electron chi connectivity index (χ1n) is 22.8. The molecular weight excluding hydrogens is 855 g/mol. The molecule has 0 bridgehead atoms. The van der Waals surface area contributed by atoms with Gasteiger partial charge in [-0.2, -0.15) is 0 Å². The maximum Gasteiger partial charge on any atom is 0.0651 e. The summed E-state index contributed by atoms with van der Waals surface area (Å²) in [5, 5.41) is 3.87. The van der Waals surface area contributed by atoms with Crippen molar-refractivity contribution in [3.05, 3.63) is 213 Å². The highest BCUT2D eigenvalue weighted by molar-refractivity contribution is 9.10. The molecular formula is C61H62BrN3. The molecule has 0 saturated heterocycles. The first kappa shape index (κ1) is 45.2. The zero-order valence-corrected chi connectivity index (χ0v) is 41.5. The molecule has 8 aromatic carbocycles. The molecule has 0 fully saturated rings. The van der Waals surface area contributed by atoms with Crippen molar-refractivity contribution in [2.45, 2.75) is 87.0 Å². The van der Waals surface area contributed by atoms with E-state index in [4.69, 9.17) is 0 Å². The summed E-state index contributed by atoms with van der Waals surface area (Å²) in [6, 6.07) is 62.2. The summed E-state index contributed by atoms with van der Waals surface area (Å²) in [7, 11) is 0. The standard InChI is InChI=1S/C61H62BrN3/c1-40-33-55(59(62)56(34-40)65(50-29-25-47(26-30-50)60(6,7)8)51-31-27-48(28-32-51)61(9,10)11)63-49-23-18-24-52(39-49)64(53-35-41(2)57(42(3)36-53)45-19-14-12-15-20-45)54-37-43(4)58(44(5)38-54)46-21-16-13-17-22-46/h12-39,63H,1-11H3. The Kier molecular flexibility index (Phi) is 12.7. The van der Waals surface area contributed by atoms with Gasteiger partial charge >= 0.3 is 0 Å². The number of nitrogens with zero attached hydrogens (tertiary/aromatic N) is 2. The van der Waals surface area contributed by atoms with Crippen LogP contribution in [0.15, 0.2) is 174 Å². The minimum Gasteiger partial charge on any atom is -0.354 e. The second kappa shape index (κ2) is 18.3. The van der Waals surface area contributed by atoms with Crippen LogP contribution in [0.4, 0.5) is 45.5 Å². The predicted octanol–water partition coefficient (Wildman–Crippen LogP) is 18.6. The Labute approximate surface area is 397 Å². The lowest BCUT2D eigenvalue weighted by Crippen LogP contribution is -2.15. The van der Waals surface area contributed by atoms with Gasteiger partial charge in [0.1, 0.15) is 0 Å². The van der Waals surface area contributed by atoms with Gasteiger partial charge in [-0.3, -0.25) is 0 Å². The van der Waals surface area contributed by atoms with Crippen molar-refractivity contribution in [1.82, 2.24) is 0 Å². The minimum atomic E-state index is 0.0510. The number of halogens is 1. The number of aryl methyl sites for hydroxylation is 5. The summed E-state index contributed by atoms with van der Waals surface area (Å²) in [6.07, 6.45) is 0. The van der Waals surface area contributed by atoms with Gasteiger partial charge < -0.3 is 15.1 Å². The molecule has 8 rings (SSSR count). The van der Waals surface area contributed by atoms with Gasteiger partial charge in [0.25, 0.3) is 0 Å². The van der Waals surface area contributed by atoms with E-state index in [-0.39, 0.29) is 10.8 Å². The third-order valence-corrected chi connectivity index (χ3v) is 13.3. The van der Waals surface area contributed by atoms with Gasteiger partial charge in [0, 0.05) is 34.1 Å². The van der Waals surface area contributed by atoms with E-state index in [2.05, 4.69) is 277 Å². The number of hydrogen-bond acceptors (Lipinski definition) is 3. The summed E-state index contributed by atoms with van der Waals surface area (Å²) in [4.78, 5) is 4.78. The maximum absolute atomic E-state index is 4.15. The third-order valence-electron chi connectivity index (χ3n) is 12.5. The lowest BCUT2D eigenvalue weighted by molar-refractivity contribution is 0.590. The van der Waals surface area contributed by atoms with Gasteiger partial charge in [0.2, 0.25) is 0 Å². The van der Waals surface area contributed by atoms with Crippen LogP contribution in [0.2, 0.25) is 0 Å². The molecule has 3 nitrogen and oxygen atoms in total. The van der Waals surface area contributed by atoms with Crippen molar-refractivity contribution < 1.29 is 0 Å². The number of anilines is 8. The van der Waals surface area contributed by atoms with Crippen LogP contribution < -0.4 is 15.1 Å². The molecule has 1 N–H and O–H groups in total. The van der Waals surface area contributed by atoms with Crippen LogP contribution in [0.3, 0.4) is 0 Å². The van der Waals surface area contributed by atoms with Gasteiger partial charge in [0.05, 0.1) is 15.8 Å². The second-order valence-electron chi connectivity index (χ2n) is 19.7. The molecule has 0 heterocycles. The smallest absolute Gasteiger partial charge is 0.0651 e. The van der Waals surface area contributed by atoms with E-state index < -0.39 is 0 Å². The van der Waals surface area contributed by atoms with Gasteiger partial charge in [-0.1, -0.05) is 133 Å². The molecule has 0 unspecified atom stereocenters. The average molecular weight is 917 g/mol. The van der Waals surface area contributed by atoms with E-state index in [9.17, 15) is 0 Å². The molecule has 0 amide bonds. The molecule has 0 aliphatic heterocycles. The maximum atomic E-state index is 4.15. The van der Waals surface area contributed by atoms with Gasteiger partial charge in [0.15, 0.2) is 0 Å². The molecule has 65 heavy (non-hydrogen) atoms. The quantitative estimate of drug-likeness (QED) is 0.147. The van der Waals surface area contributed by atoms with Gasteiger partial charge in [-0.05, 0) is 201 Å². The fourth-order valence-electron chi connectivity index (χ4n) is 9.24. The van der Waals surface area contributed by atoms with Crippen molar-refractivity contribution in [2.75, 3.05) is 15.1 Å². The van der Waals surface area contributed by atoms with Gasteiger partial charge in [-0.15, -0.1) is 0 Å². The van der Waals surface area contributed by atoms with Crippen molar-refractivity contribution in [1.29, 1.82) is 0 Å². The Bertz CT molecular complexity index is 2760. The van der Waals surface area contributed by atoms with Crippen LogP contribution >= 0.6 is 15.9 Å². The van der Waals surface area contributed by atoms with Crippen LogP contribution in [0.25, 0.3) is 22.3 Å². The topological polar surface area (TPSA) is 18.5 Å². The molecule has 0 radical (unpaired) electrons.